The number of nitrogens with zero attached hydrogens (tertiary/aromatic N) is 2. The number of hydrogen-bond donors (Lipinski definition) is 1. The standard InChI is InChI=1S/C31H30ClN3O4/c1-38-26-16-14-24(15-17-26)21-35(30(36)22-39-29-13-6-5-12-27(29)32)28(19-23-9-3-2-4-10-23)31(37)34-20-25-11-7-8-18-33-25/h2-18,28H,19-22H2,1H3,(H,34,37)/t28-/m1/s1. The molecule has 2 amide bonds. The van der Waals surface area contributed by atoms with Crippen molar-refractivity contribution in [3.63, 3.8) is 0 Å². The summed E-state index contributed by atoms with van der Waals surface area (Å²) in [6.45, 7) is 0.160. The molecule has 1 atom stereocenters. The molecule has 0 radical (unpaired) electrons. The zero-order valence-electron chi connectivity index (χ0n) is 21.6. The van der Waals surface area contributed by atoms with Gasteiger partial charge in [-0.3, -0.25) is 14.6 Å². The Morgan fingerprint density at radius 2 is 1.62 bits per heavy atom. The van der Waals surface area contributed by atoms with Gasteiger partial charge in [0.2, 0.25) is 5.91 Å². The molecule has 0 bridgehead atoms. The van der Waals surface area contributed by atoms with Crippen LogP contribution in [0.25, 0.3) is 0 Å². The zero-order valence-corrected chi connectivity index (χ0v) is 22.4. The maximum Gasteiger partial charge on any atom is 0.261 e. The van der Waals surface area contributed by atoms with E-state index in [2.05, 4.69) is 10.3 Å². The largest absolute Gasteiger partial charge is 0.497 e. The molecule has 0 saturated heterocycles. The van der Waals surface area contributed by atoms with Crippen LogP contribution in [-0.2, 0) is 29.1 Å². The summed E-state index contributed by atoms with van der Waals surface area (Å²) in [4.78, 5) is 33.2. The van der Waals surface area contributed by atoms with Gasteiger partial charge in [-0.15, -0.1) is 0 Å². The van der Waals surface area contributed by atoms with Crippen molar-refractivity contribution in [1.29, 1.82) is 0 Å². The number of carbonyl (C=O) groups is 2. The molecule has 0 aliphatic carbocycles. The summed E-state index contributed by atoms with van der Waals surface area (Å²) >= 11 is 6.23. The van der Waals surface area contributed by atoms with Gasteiger partial charge in [0, 0.05) is 19.2 Å². The van der Waals surface area contributed by atoms with E-state index in [1.54, 1.807) is 42.5 Å². The number of hydrogen-bond acceptors (Lipinski definition) is 5. The minimum Gasteiger partial charge on any atom is -0.497 e. The Kier molecular flexibility index (Phi) is 9.92. The molecule has 3 aromatic carbocycles. The SMILES string of the molecule is COc1ccc(CN(C(=O)COc2ccccc2Cl)[C@H](Cc2ccccc2)C(=O)NCc2ccccn2)cc1. The topological polar surface area (TPSA) is 80.8 Å². The molecule has 0 unspecified atom stereocenters. The number of pyridine rings is 1. The number of aromatic nitrogens is 1. The van der Waals surface area contributed by atoms with Crippen molar-refractivity contribution in [2.45, 2.75) is 25.6 Å². The monoisotopic (exact) mass is 543 g/mol. The average molecular weight is 544 g/mol. The summed E-state index contributed by atoms with van der Waals surface area (Å²) in [7, 11) is 1.60. The van der Waals surface area contributed by atoms with Crippen LogP contribution in [0.1, 0.15) is 16.8 Å². The van der Waals surface area contributed by atoms with Crippen LogP contribution in [0.4, 0.5) is 0 Å². The second kappa shape index (κ2) is 14.0. The Balaban J connectivity index is 1.62. The first-order valence-corrected chi connectivity index (χ1v) is 12.9. The fourth-order valence-electron chi connectivity index (χ4n) is 4.06. The molecule has 1 N–H and O–H groups in total. The third kappa shape index (κ3) is 8.06. The highest BCUT2D eigenvalue weighted by atomic mass is 35.5. The molecule has 1 heterocycles. The Hall–Kier alpha value is -4.36. The van der Waals surface area contributed by atoms with E-state index >= 15 is 0 Å². The van der Waals surface area contributed by atoms with Crippen LogP contribution >= 0.6 is 11.6 Å². The minimum atomic E-state index is -0.805. The van der Waals surface area contributed by atoms with E-state index in [1.807, 2.05) is 72.8 Å². The highest BCUT2D eigenvalue weighted by Gasteiger charge is 2.31. The molecule has 0 spiro atoms. The average Bonchev–Trinajstić information content (AvgIpc) is 2.98. The minimum absolute atomic E-state index is 0.198. The third-order valence-electron chi connectivity index (χ3n) is 6.14. The molecule has 0 saturated carbocycles. The van der Waals surface area contributed by atoms with E-state index in [1.165, 1.54) is 0 Å². The number of methoxy groups -OCH3 is 1. The van der Waals surface area contributed by atoms with Crippen molar-refractivity contribution in [3.05, 3.63) is 125 Å². The van der Waals surface area contributed by atoms with Crippen molar-refractivity contribution < 1.29 is 19.1 Å². The van der Waals surface area contributed by atoms with Crippen LogP contribution in [0, 0.1) is 0 Å². The second-order valence-corrected chi connectivity index (χ2v) is 9.24. The first kappa shape index (κ1) is 27.7. The number of para-hydroxylation sites is 1. The van der Waals surface area contributed by atoms with Crippen LogP contribution in [0.2, 0.25) is 5.02 Å². The van der Waals surface area contributed by atoms with Crippen molar-refractivity contribution >= 4 is 23.4 Å². The number of benzene rings is 3. The molecule has 0 fully saturated rings. The van der Waals surface area contributed by atoms with Crippen LogP contribution in [0.5, 0.6) is 11.5 Å². The Morgan fingerprint density at radius 1 is 0.897 bits per heavy atom. The smallest absolute Gasteiger partial charge is 0.261 e. The zero-order chi connectivity index (χ0) is 27.5. The molecule has 200 valence electrons. The van der Waals surface area contributed by atoms with Gasteiger partial charge in [-0.05, 0) is 47.5 Å². The molecule has 7 nitrogen and oxygen atoms in total. The van der Waals surface area contributed by atoms with Gasteiger partial charge in [0.1, 0.15) is 17.5 Å². The molecular formula is C31H30ClN3O4. The van der Waals surface area contributed by atoms with Crippen molar-refractivity contribution in [1.82, 2.24) is 15.2 Å². The quantitative estimate of drug-likeness (QED) is 0.269. The van der Waals surface area contributed by atoms with Gasteiger partial charge in [-0.1, -0.05) is 72.3 Å². The Morgan fingerprint density at radius 3 is 2.31 bits per heavy atom. The van der Waals surface area contributed by atoms with E-state index in [4.69, 9.17) is 21.1 Å². The first-order chi connectivity index (χ1) is 19.0. The van der Waals surface area contributed by atoms with Crippen LogP contribution < -0.4 is 14.8 Å². The molecular weight excluding hydrogens is 514 g/mol. The van der Waals surface area contributed by atoms with E-state index in [0.29, 0.717) is 22.9 Å². The number of ether oxygens (including phenoxy) is 2. The lowest BCUT2D eigenvalue weighted by atomic mass is 10.0. The fourth-order valence-corrected chi connectivity index (χ4v) is 4.25. The van der Waals surface area contributed by atoms with Crippen LogP contribution in [-0.4, -0.2) is 41.5 Å². The molecule has 4 aromatic rings. The maximum absolute atomic E-state index is 13.7. The number of rotatable bonds is 12. The van der Waals surface area contributed by atoms with Gasteiger partial charge in [-0.25, -0.2) is 0 Å². The first-order valence-electron chi connectivity index (χ1n) is 12.5. The van der Waals surface area contributed by atoms with Gasteiger partial charge in [-0.2, -0.15) is 0 Å². The summed E-state index contributed by atoms with van der Waals surface area (Å²) in [6, 6.07) is 28.7. The summed E-state index contributed by atoms with van der Waals surface area (Å²) in [5, 5.41) is 3.37. The van der Waals surface area contributed by atoms with Gasteiger partial charge >= 0.3 is 0 Å². The molecule has 0 aliphatic heterocycles. The second-order valence-electron chi connectivity index (χ2n) is 8.83. The number of nitrogens with one attached hydrogen (secondary N) is 1. The normalized spacial score (nSPS) is 11.3. The maximum atomic E-state index is 13.7. The van der Waals surface area contributed by atoms with Gasteiger partial charge < -0.3 is 19.7 Å². The fraction of sp³-hybridized carbons (Fsp3) is 0.194. The summed E-state index contributed by atoms with van der Waals surface area (Å²) < 4.78 is 11.1. The lowest BCUT2D eigenvalue weighted by Crippen LogP contribution is -2.51. The summed E-state index contributed by atoms with van der Waals surface area (Å²) in [6.07, 6.45) is 2.00. The molecule has 0 aliphatic rings. The van der Waals surface area contributed by atoms with Crippen LogP contribution in [0.15, 0.2) is 103 Å². The predicted octanol–water partition coefficient (Wildman–Crippen LogP) is 5.08. The molecule has 1 aromatic heterocycles. The summed E-state index contributed by atoms with van der Waals surface area (Å²) in [5.74, 6) is 0.465. The van der Waals surface area contributed by atoms with E-state index in [0.717, 1.165) is 16.8 Å². The highest BCUT2D eigenvalue weighted by Crippen LogP contribution is 2.24. The number of halogens is 1. The van der Waals surface area contributed by atoms with Crippen molar-refractivity contribution in [2.24, 2.45) is 0 Å². The molecule has 39 heavy (non-hydrogen) atoms. The molecule has 4 rings (SSSR count). The van der Waals surface area contributed by atoms with Crippen molar-refractivity contribution in [2.75, 3.05) is 13.7 Å². The number of amides is 2. The third-order valence-corrected chi connectivity index (χ3v) is 6.45. The van der Waals surface area contributed by atoms with Crippen LogP contribution in [0.3, 0.4) is 0 Å². The van der Waals surface area contributed by atoms with Gasteiger partial charge in [0.15, 0.2) is 6.61 Å². The lowest BCUT2D eigenvalue weighted by Gasteiger charge is -2.31. The Bertz CT molecular complexity index is 1350. The number of carbonyl (C=O) groups excluding carboxylic acids is 2. The van der Waals surface area contributed by atoms with E-state index in [9.17, 15) is 9.59 Å². The molecule has 8 heteroatoms. The van der Waals surface area contributed by atoms with E-state index in [-0.39, 0.29) is 31.5 Å². The van der Waals surface area contributed by atoms with Crippen molar-refractivity contribution in [3.8, 4) is 11.5 Å². The lowest BCUT2D eigenvalue weighted by molar-refractivity contribution is -0.142. The highest BCUT2D eigenvalue weighted by molar-refractivity contribution is 6.32. The predicted molar refractivity (Wildman–Crippen MR) is 151 cm³/mol. The Labute approximate surface area is 233 Å². The van der Waals surface area contributed by atoms with Gasteiger partial charge in [0.25, 0.3) is 5.91 Å². The van der Waals surface area contributed by atoms with E-state index < -0.39 is 6.04 Å². The van der Waals surface area contributed by atoms with Gasteiger partial charge in [0.05, 0.1) is 24.4 Å². The summed E-state index contributed by atoms with van der Waals surface area (Å²) in [5.41, 5.74) is 2.49.